The zero-order chi connectivity index (χ0) is 24.0. The molecule has 0 bridgehead atoms. The summed E-state index contributed by atoms with van der Waals surface area (Å²) in [5.74, 6) is 2.73. The molecule has 0 aromatic rings. The summed E-state index contributed by atoms with van der Waals surface area (Å²) in [6.07, 6.45) is 12.1. The van der Waals surface area contributed by atoms with Gasteiger partial charge in [0.05, 0.1) is 13.2 Å². The van der Waals surface area contributed by atoms with E-state index in [2.05, 4.69) is 26.8 Å². The van der Waals surface area contributed by atoms with Crippen molar-refractivity contribution in [3.05, 3.63) is 11.6 Å². The number of hydrogen-bond donors (Lipinski definition) is 0. The lowest BCUT2D eigenvalue weighted by atomic mass is 9.47. The van der Waals surface area contributed by atoms with E-state index < -0.39 is 0 Å². The maximum atomic E-state index is 12.1. The first-order valence-corrected chi connectivity index (χ1v) is 13.2. The second-order valence-electron chi connectivity index (χ2n) is 12.4. The number of carbonyl (C=O) groups excluding carboxylic acids is 2. The Morgan fingerprint density at radius 3 is 2.48 bits per heavy atom. The van der Waals surface area contributed by atoms with Gasteiger partial charge < -0.3 is 9.47 Å². The van der Waals surface area contributed by atoms with Crippen LogP contribution in [0.15, 0.2) is 11.6 Å². The van der Waals surface area contributed by atoms with Crippen LogP contribution >= 0.6 is 0 Å². The van der Waals surface area contributed by atoms with Crippen molar-refractivity contribution < 1.29 is 19.1 Å². The van der Waals surface area contributed by atoms with Crippen LogP contribution in [0, 0.1) is 40.4 Å². The van der Waals surface area contributed by atoms with Crippen LogP contribution in [-0.2, 0) is 19.1 Å². The average Bonchev–Trinajstić information content (AvgIpc) is 3.09. The molecule has 8 atom stereocenters. The number of carbonyl (C=O) groups is 2. The van der Waals surface area contributed by atoms with Gasteiger partial charge in [0, 0.05) is 6.92 Å². The molecular weight excluding hydrogens is 414 g/mol. The number of hydrogen-bond acceptors (Lipinski definition) is 5. The van der Waals surface area contributed by atoms with Gasteiger partial charge in [-0.3, -0.25) is 14.5 Å². The molecule has 4 unspecified atom stereocenters. The number of esters is 2. The minimum atomic E-state index is -0.136. The Balaban J connectivity index is 1.45. The molecule has 0 amide bonds. The highest BCUT2D eigenvalue weighted by molar-refractivity contribution is 5.71. The van der Waals surface area contributed by atoms with Crippen molar-refractivity contribution in [3.63, 3.8) is 0 Å². The Morgan fingerprint density at radius 1 is 1.09 bits per heavy atom. The zero-order valence-electron chi connectivity index (χ0n) is 21.7. The van der Waals surface area contributed by atoms with E-state index >= 15 is 0 Å². The predicted octanol–water partition coefficient (Wildman–Crippen LogP) is 5.24. The smallest absolute Gasteiger partial charge is 0.320 e. The lowest BCUT2D eigenvalue weighted by molar-refractivity contribution is -0.152. The molecule has 0 aromatic carbocycles. The fraction of sp³-hybridized carbons (Fsp3) is 0.857. The maximum absolute atomic E-state index is 12.1. The highest BCUT2D eigenvalue weighted by atomic mass is 16.5. The van der Waals surface area contributed by atoms with E-state index in [9.17, 15) is 9.59 Å². The molecule has 186 valence electrons. The molecule has 0 aromatic heterocycles. The van der Waals surface area contributed by atoms with Gasteiger partial charge in [-0.15, -0.1) is 0 Å². The van der Waals surface area contributed by atoms with Gasteiger partial charge in [0.1, 0.15) is 6.10 Å². The van der Waals surface area contributed by atoms with Crippen molar-refractivity contribution in [3.8, 4) is 0 Å². The van der Waals surface area contributed by atoms with Crippen LogP contribution in [-0.4, -0.2) is 50.2 Å². The van der Waals surface area contributed by atoms with Gasteiger partial charge in [0.15, 0.2) is 0 Å². The molecule has 0 aliphatic heterocycles. The molecule has 4 aliphatic carbocycles. The molecule has 0 N–H and O–H groups in total. The van der Waals surface area contributed by atoms with Crippen LogP contribution < -0.4 is 0 Å². The van der Waals surface area contributed by atoms with E-state index in [0.717, 1.165) is 19.3 Å². The van der Waals surface area contributed by atoms with E-state index in [1.165, 1.54) is 39.0 Å². The second kappa shape index (κ2) is 9.36. The number of ether oxygens (including phenoxy) is 2. The van der Waals surface area contributed by atoms with E-state index in [1.807, 2.05) is 19.0 Å². The topological polar surface area (TPSA) is 55.8 Å². The number of allylic oxidation sites excluding steroid dienone is 2. The molecule has 3 saturated carbocycles. The van der Waals surface area contributed by atoms with Gasteiger partial charge >= 0.3 is 11.9 Å². The molecule has 5 heteroatoms. The maximum Gasteiger partial charge on any atom is 0.320 e. The first kappa shape index (κ1) is 24.8. The van der Waals surface area contributed by atoms with Crippen molar-refractivity contribution in [1.29, 1.82) is 0 Å². The summed E-state index contributed by atoms with van der Waals surface area (Å²) in [6, 6.07) is 0. The van der Waals surface area contributed by atoms with Gasteiger partial charge in [-0.1, -0.05) is 32.4 Å². The van der Waals surface area contributed by atoms with E-state index in [0.29, 0.717) is 53.6 Å². The molecule has 0 radical (unpaired) electrons. The number of fused-ring (bicyclic) bond motifs is 5. The Bertz CT molecular complexity index is 791. The minimum absolute atomic E-state index is 0.108. The lowest BCUT2D eigenvalue weighted by Gasteiger charge is -2.58. The molecule has 0 saturated heterocycles. The van der Waals surface area contributed by atoms with Crippen molar-refractivity contribution >= 4 is 11.9 Å². The highest BCUT2D eigenvalue weighted by Gasteiger charge is 2.58. The standard InChI is InChI=1S/C28H45NO4/c1-18(17-32-26(31)16-29(5)6)23-9-10-24-22-8-7-20-15-21(33-19(2)30)11-13-27(20,3)25(22)12-14-28(23,24)4/h8,18,20-21,23-25H,7,9-17H2,1-6H3/t18-,20?,21+,23?,24?,25?,27+,28-/m1/s1. The molecule has 0 spiro atoms. The van der Waals surface area contributed by atoms with Gasteiger partial charge in [0.25, 0.3) is 0 Å². The van der Waals surface area contributed by atoms with Crippen molar-refractivity contribution in [1.82, 2.24) is 4.90 Å². The van der Waals surface area contributed by atoms with Crippen LogP contribution in [0.1, 0.15) is 79.1 Å². The van der Waals surface area contributed by atoms with Crippen LogP contribution in [0.4, 0.5) is 0 Å². The number of rotatable bonds is 6. The quantitative estimate of drug-likeness (QED) is 0.402. The van der Waals surface area contributed by atoms with Gasteiger partial charge in [0.2, 0.25) is 0 Å². The summed E-state index contributed by atoms with van der Waals surface area (Å²) in [4.78, 5) is 25.4. The van der Waals surface area contributed by atoms with Crippen molar-refractivity contribution in [2.75, 3.05) is 27.2 Å². The summed E-state index contributed by atoms with van der Waals surface area (Å²) in [7, 11) is 3.80. The summed E-state index contributed by atoms with van der Waals surface area (Å²) in [5, 5.41) is 0. The van der Waals surface area contributed by atoms with Crippen molar-refractivity contribution in [2.24, 2.45) is 40.4 Å². The van der Waals surface area contributed by atoms with Crippen LogP contribution in [0.5, 0.6) is 0 Å². The SMILES string of the molecule is CC(=O)O[C@H]1CC[C@@]2(C)C(CC=C3C2CC[C@@]2(C)C3CCC2[C@H](C)COC(=O)CN(C)C)C1. The van der Waals surface area contributed by atoms with Crippen LogP contribution in [0.3, 0.4) is 0 Å². The Kier molecular flexibility index (Phi) is 7.02. The molecule has 0 heterocycles. The normalized spacial score (nSPS) is 40.8. The molecular formula is C28H45NO4. The molecule has 33 heavy (non-hydrogen) atoms. The minimum Gasteiger partial charge on any atom is -0.464 e. The fourth-order valence-electron chi connectivity index (χ4n) is 8.43. The van der Waals surface area contributed by atoms with Gasteiger partial charge in [-0.05, 0) is 106 Å². The third kappa shape index (κ3) is 4.63. The molecule has 5 nitrogen and oxygen atoms in total. The third-order valence-corrected chi connectivity index (χ3v) is 10.1. The Labute approximate surface area is 200 Å². The van der Waals surface area contributed by atoms with Crippen LogP contribution in [0.2, 0.25) is 0 Å². The van der Waals surface area contributed by atoms with E-state index in [4.69, 9.17) is 9.47 Å². The first-order valence-electron chi connectivity index (χ1n) is 13.2. The van der Waals surface area contributed by atoms with Crippen molar-refractivity contribution in [2.45, 2.75) is 85.2 Å². The summed E-state index contributed by atoms with van der Waals surface area (Å²) in [5.41, 5.74) is 2.40. The summed E-state index contributed by atoms with van der Waals surface area (Å²) >= 11 is 0. The zero-order valence-corrected chi connectivity index (χ0v) is 21.7. The summed E-state index contributed by atoms with van der Waals surface area (Å²) in [6.45, 7) is 9.77. The second-order valence-corrected chi connectivity index (χ2v) is 12.4. The Hall–Kier alpha value is -1.36. The monoisotopic (exact) mass is 459 g/mol. The van der Waals surface area contributed by atoms with Crippen LogP contribution in [0.25, 0.3) is 0 Å². The third-order valence-electron chi connectivity index (χ3n) is 10.1. The summed E-state index contributed by atoms with van der Waals surface area (Å²) < 4.78 is 11.3. The lowest BCUT2D eigenvalue weighted by Crippen LogP contribution is -2.50. The molecule has 4 aliphatic rings. The largest absolute Gasteiger partial charge is 0.464 e. The predicted molar refractivity (Wildman–Crippen MR) is 129 cm³/mol. The first-order chi connectivity index (χ1) is 15.5. The highest BCUT2D eigenvalue weighted by Crippen LogP contribution is 2.66. The Morgan fingerprint density at radius 2 is 1.79 bits per heavy atom. The number of likely N-dealkylation sites (N-methyl/N-ethyl adjacent to an activating group) is 1. The van der Waals surface area contributed by atoms with Gasteiger partial charge in [-0.25, -0.2) is 0 Å². The fourth-order valence-corrected chi connectivity index (χ4v) is 8.43. The van der Waals surface area contributed by atoms with E-state index in [-0.39, 0.29) is 18.0 Å². The number of nitrogens with zero attached hydrogens (tertiary/aromatic N) is 1. The molecule has 4 rings (SSSR count). The average molecular weight is 460 g/mol. The molecule has 3 fully saturated rings. The van der Waals surface area contributed by atoms with Gasteiger partial charge in [-0.2, -0.15) is 0 Å². The van der Waals surface area contributed by atoms with E-state index in [1.54, 1.807) is 5.57 Å².